The monoisotopic (exact) mass is 460 g/mol. The minimum absolute atomic E-state index is 0.00640. The lowest BCUT2D eigenvalue weighted by Gasteiger charge is -2.26. The van der Waals surface area contributed by atoms with Crippen molar-refractivity contribution in [2.45, 2.75) is 91.8 Å². The molecule has 1 aliphatic heterocycles. The predicted molar refractivity (Wildman–Crippen MR) is 131 cm³/mol. The van der Waals surface area contributed by atoms with E-state index in [1.165, 1.54) is 12.8 Å². The van der Waals surface area contributed by atoms with Crippen molar-refractivity contribution in [3.8, 4) is 0 Å². The summed E-state index contributed by atoms with van der Waals surface area (Å²) >= 11 is 0. The minimum Gasteiger partial charge on any atom is -0.355 e. The summed E-state index contributed by atoms with van der Waals surface area (Å²) in [7, 11) is 0. The van der Waals surface area contributed by atoms with Gasteiger partial charge in [-0.1, -0.05) is 34.1 Å². The number of likely N-dealkylation sites (tertiary alicyclic amines) is 1. The van der Waals surface area contributed by atoms with Gasteiger partial charge >= 0.3 is 5.69 Å². The van der Waals surface area contributed by atoms with E-state index in [-0.39, 0.29) is 11.8 Å². The highest BCUT2D eigenvalue weighted by Crippen LogP contribution is 2.17. The van der Waals surface area contributed by atoms with Gasteiger partial charge in [-0.15, -0.1) is 0 Å². The number of rotatable bonds is 12. The molecular formula is C24H40N6O3. The van der Waals surface area contributed by atoms with E-state index in [1.54, 1.807) is 4.57 Å². The molecule has 1 atom stereocenters. The van der Waals surface area contributed by atoms with E-state index in [4.69, 9.17) is 4.98 Å². The molecule has 184 valence electrons. The molecule has 0 saturated carbocycles. The van der Waals surface area contributed by atoms with Crippen LogP contribution in [0.1, 0.15) is 72.0 Å². The average molecular weight is 461 g/mol. The number of nitrogens with one attached hydrogen (secondary N) is 2. The highest BCUT2D eigenvalue weighted by atomic mass is 16.2. The number of unbranched alkanes of at least 4 members (excludes halogenated alkanes) is 1. The van der Waals surface area contributed by atoms with Gasteiger partial charge in [-0.05, 0) is 44.7 Å². The first-order chi connectivity index (χ1) is 15.8. The Morgan fingerprint density at radius 2 is 1.88 bits per heavy atom. The molecular weight excluding hydrogens is 420 g/mol. The summed E-state index contributed by atoms with van der Waals surface area (Å²) in [5.74, 6) is 0.964. The Labute approximate surface area is 195 Å². The molecule has 9 nitrogen and oxygen atoms in total. The SMILES string of the molecule is CCCCn1c(=O)[nH]c(=O)c2c1nc(CCC(=O)NCC(CC)N1CCCC1)n2CC(C)C. The van der Waals surface area contributed by atoms with Crippen LogP contribution in [0.4, 0.5) is 0 Å². The average Bonchev–Trinajstić information content (AvgIpc) is 3.41. The van der Waals surface area contributed by atoms with E-state index in [9.17, 15) is 14.4 Å². The Kier molecular flexibility index (Phi) is 8.88. The normalized spacial score (nSPS) is 15.5. The summed E-state index contributed by atoms with van der Waals surface area (Å²) in [6.45, 7) is 12.4. The van der Waals surface area contributed by atoms with Gasteiger partial charge in [0.1, 0.15) is 5.82 Å². The Bertz CT molecular complexity index is 1040. The molecule has 0 radical (unpaired) electrons. The highest BCUT2D eigenvalue weighted by Gasteiger charge is 2.22. The fraction of sp³-hybridized carbons (Fsp3) is 0.750. The van der Waals surface area contributed by atoms with Crippen molar-refractivity contribution in [1.82, 2.24) is 29.3 Å². The number of aromatic amines is 1. The standard InChI is InChI=1S/C24H40N6O3/c1-5-7-14-29-22-21(23(32)27-24(29)33)30(16-17(3)4)19(26-22)10-11-20(31)25-15-18(6-2)28-12-8-9-13-28/h17-18H,5-16H2,1-4H3,(H,25,31)(H,27,32,33). The van der Waals surface area contributed by atoms with Crippen LogP contribution in [-0.2, 0) is 24.3 Å². The second-order valence-corrected chi connectivity index (χ2v) is 9.58. The lowest BCUT2D eigenvalue weighted by atomic mass is 10.2. The summed E-state index contributed by atoms with van der Waals surface area (Å²) in [4.78, 5) is 47.4. The third-order valence-corrected chi connectivity index (χ3v) is 6.49. The molecule has 2 N–H and O–H groups in total. The number of imidazole rings is 1. The fourth-order valence-electron chi connectivity index (χ4n) is 4.68. The number of hydrogen-bond donors (Lipinski definition) is 2. The van der Waals surface area contributed by atoms with Crippen LogP contribution in [0.2, 0.25) is 0 Å². The maximum atomic E-state index is 12.7. The largest absolute Gasteiger partial charge is 0.355 e. The van der Waals surface area contributed by atoms with Crippen LogP contribution in [0.5, 0.6) is 0 Å². The van der Waals surface area contributed by atoms with Crippen molar-refractivity contribution in [3.63, 3.8) is 0 Å². The van der Waals surface area contributed by atoms with Crippen LogP contribution in [0.25, 0.3) is 11.2 Å². The molecule has 3 rings (SSSR count). The Balaban J connectivity index is 1.78. The number of carbonyl (C=O) groups is 1. The van der Waals surface area contributed by atoms with E-state index >= 15 is 0 Å². The number of fused-ring (bicyclic) bond motifs is 1. The molecule has 3 heterocycles. The third kappa shape index (κ3) is 6.13. The molecule has 1 aliphatic rings. The van der Waals surface area contributed by atoms with Crippen LogP contribution in [0.3, 0.4) is 0 Å². The minimum atomic E-state index is -0.424. The molecule has 1 unspecified atom stereocenters. The Morgan fingerprint density at radius 3 is 2.52 bits per heavy atom. The van der Waals surface area contributed by atoms with E-state index in [0.717, 1.165) is 32.4 Å². The molecule has 2 aromatic heterocycles. The first-order valence-electron chi connectivity index (χ1n) is 12.6. The molecule has 1 saturated heterocycles. The molecule has 0 aliphatic carbocycles. The van der Waals surface area contributed by atoms with Crippen molar-refractivity contribution in [3.05, 3.63) is 26.7 Å². The first kappa shape index (κ1) is 25.2. The van der Waals surface area contributed by atoms with Crippen LogP contribution in [0, 0.1) is 5.92 Å². The fourth-order valence-corrected chi connectivity index (χ4v) is 4.68. The molecule has 2 aromatic rings. The Morgan fingerprint density at radius 1 is 1.15 bits per heavy atom. The predicted octanol–water partition coefficient (Wildman–Crippen LogP) is 2.27. The maximum absolute atomic E-state index is 12.7. The molecule has 1 fully saturated rings. The number of nitrogens with zero attached hydrogens (tertiary/aromatic N) is 4. The van der Waals surface area contributed by atoms with Gasteiger partial charge in [0.2, 0.25) is 5.91 Å². The summed E-state index contributed by atoms with van der Waals surface area (Å²) < 4.78 is 3.45. The summed E-state index contributed by atoms with van der Waals surface area (Å²) in [6, 6.07) is 0.383. The number of hydrogen-bond acceptors (Lipinski definition) is 5. The van der Waals surface area contributed by atoms with Crippen molar-refractivity contribution >= 4 is 17.1 Å². The smallest absolute Gasteiger partial charge is 0.330 e. The number of amides is 1. The first-order valence-corrected chi connectivity index (χ1v) is 12.6. The maximum Gasteiger partial charge on any atom is 0.330 e. The van der Waals surface area contributed by atoms with Crippen LogP contribution in [-0.4, -0.2) is 55.6 Å². The van der Waals surface area contributed by atoms with Crippen LogP contribution in [0.15, 0.2) is 9.59 Å². The van der Waals surface area contributed by atoms with Gasteiger partial charge in [-0.25, -0.2) is 9.78 Å². The lowest BCUT2D eigenvalue weighted by molar-refractivity contribution is -0.121. The van der Waals surface area contributed by atoms with Gasteiger partial charge in [-0.2, -0.15) is 0 Å². The number of carbonyl (C=O) groups excluding carboxylic acids is 1. The number of aryl methyl sites for hydroxylation is 2. The number of H-pyrrole nitrogens is 1. The number of aromatic nitrogens is 4. The summed E-state index contributed by atoms with van der Waals surface area (Å²) in [6.07, 6.45) is 5.97. The van der Waals surface area contributed by atoms with Crippen LogP contribution >= 0.6 is 0 Å². The van der Waals surface area contributed by atoms with Gasteiger partial charge < -0.3 is 9.88 Å². The van der Waals surface area contributed by atoms with E-state index in [1.807, 2.05) is 4.57 Å². The van der Waals surface area contributed by atoms with Crippen molar-refractivity contribution < 1.29 is 4.79 Å². The van der Waals surface area contributed by atoms with Crippen molar-refractivity contribution in [2.75, 3.05) is 19.6 Å². The second-order valence-electron chi connectivity index (χ2n) is 9.58. The van der Waals surface area contributed by atoms with E-state index < -0.39 is 11.2 Å². The molecule has 0 spiro atoms. The summed E-state index contributed by atoms with van der Waals surface area (Å²) in [5.41, 5.74) is 0.0122. The second kappa shape index (κ2) is 11.6. The van der Waals surface area contributed by atoms with Crippen molar-refractivity contribution in [1.29, 1.82) is 0 Å². The quantitative estimate of drug-likeness (QED) is 0.506. The molecule has 33 heavy (non-hydrogen) atoms. The van der Waals surface area contributed by atoms with Gasteiger partial charge in [0.15, 0.2) is 11.2 Å². The zero-order valence-corrected chi connectivity index (χ0v) is 20.7. The summed E-state index contributed by atoms with van der Waals surface area (Å²) in [5, 5.41) is 3.09. The zero-order valence-electron chi connectivity index (χ0n) is 20.7. The van der Waals surface area contributed by atoms with Gasteiger partial charge in [0, 0.05) is 38.5 Å². The Hall–Kier alpha value is -2.42. The van der Waals surface area contributed by atoms with Crippen molar-refractivity contribution in [2.24, 2.45) is 5.92 Å². The topological polar surface area (TPSA) is 105 Å². The molecule has 0 bridgehead atoms. The third-order valence-electron chi connectivity index (χ3n) is 6.49. The van der Waals surface area contributed by atoms with E-state index in [2.05, 4.69) is 42.9 Å². The molecule has 0 aromatic carbocycles. The van der Waals surface area contributed by atoms with Gasteiger partial charge in [0.05, 0.1) is 0 Å². The van der Waals surface area contributed by atoms with E-state index in [0.29, 0.717) is 55.5 Å². The molecule has 1 amide bonds. The highest BCUT2D eigenvalue weighted by molar-refractivity contribution is 5.76. The van der Waals surface area contributed by atoms with Crippen LogP contribution < -0.4 is 16.6 Å². The molecule has 9 heteroatoms. The van der Waals surface area contributed by atoms with Gasteiger partial charge in [0.25, 0.3) is 5.56 Å². The van der Waals surface area contributed by atoms with Gasteiger partial charge in [-0.3, -0.25) is 24.0 Å². The zero-order chi connectivity index (χ0) is 24.0. The lowest BCUT2D eigenvalue weighted by Crippen LogP contribution is -2.42.